The Hall–Kier alpha value is -3.75. The smallest absolute Gasteiger partial charge is 0.295 e. The number of nitrogens with zero attached hydrogens (tertiary/aromatic N) is 5. The molecule has 2 heterocycles. The van der Waals surface area contributed by atoms with Crippen LogP contribution >= 0.6 is 0 Å². The van der Waals surface area contributed by atoms with Gasteiger partial charge in [0.05, 0.1) is 27.8 Å². The minimum Gasteiger partial charge on any atom is -0.326 e. The Morgan fingerprint density at radius 2 is 2.03 bits per heavy atom. The zero-order chi connectivity index (χ0) is 20.7. The highest BCUT2D eigenvalue weighted by Crippen LogP contribution is 2.26. The van der Waals surface area contributed by atoms with Gasteiger partial charge in [-0.1, -0.05) is 6.07 Å². The van der Waals surface area contributed by atoms with Crippen molar-refractivity contribution >= 4 is 39.3 Å². The van der Waals surface area contributed by atoms with Crippen LogP contribution in [0.3, 0.4) is 0 Å². The third kappa shape index (κ3) is 3.31. The van der Waals surface area contributed by atoms with Crippen LogP contribution in [0.15, 0.2) is 42.7 Å². The number of fused-ring (bicyclic) bond motifs is 2. The molecule has 29 heavy (non-hydrogen) atoms. The average molecular weight is 392 g/mol. The summed E-state index contributed by atoms with van der Waals surface area (Å²) in [5.41, 5.74) is 3.15. The predicted molar refractivity (Wildman–Crippen MR) is 110 cm³/mol. The Labute approximate surface area is 166 Å². The van der Waals surface area contributed by atoms with E-state index in [-0.39, 0.29) is 24.2 Å². The molecule has 0 aliphatic carbocycles. The second-order valence-electron chi connectivity index (χ2n) is 7.15. The number of hydrogen-bond donors (Lipinski definition) is 1. The van der Waals surface area contributed by atoms with Crippen LogP contribution in [0.2, 0.25) is 0 Å². The number of amides is 1. The Morgan fingerprint density at radius 1 is 1.24 bits per heavy atom. The summed E-state index contributed by atoms with van der Waals surface area (Å²) in [6.45, 7) is 6.06. The van der Waals surface area contributed by atoms with Crippen molar-refractivity contribution in [2.45, 2.75) is 33.4 Å². The first-order chi connectivity index (χ1) is 13.8. The van der Waals surface area contributed by atoms with Gasteiger partial charge in [0.25, 0.3) is 5.69 Å². The van der Waals surface area contributed by atoms with Crippen LogP contribution in [0.1, 0.15) is 25.7 Å². The van der Waals surface area contributed by atoms with Crippen LogP contribution < -0.4 is 5.32 Å². The number of imidazole rings is 2. The number of aryl methyl sites for hydroxylation is 1. The molecule has 148 valence electrons. The number of nitro benzene ring substituents is 1. The van der Waals surface area contributed by atoms with E-state index in [1.807, 2.05) is 25.1 Å². The number of nitrogens with one attached hydrogen (secondary N) is 1. The maximum absolute atomic E-state index is 12.6. The van der Waals surface area contributed by atoms with Crippen LogP contribution in [-0.4, -0.2) is 29.9 Å². The highest BCUT2D eigenvalue weighted by Gasteiger charge is 2.18. The lowest BCUT2D eigenvalue weighted by atomic mass is 10.2. The summed E-state index contributed by atoms with van der Waals surface area (Å²) in [6.07, 6.45) is 1.44. The second-order valence-corrected chi connectivity index (χ2v) is 7.15. The summed E-state index contributed by atoms with van der Waals surface area (Å²) in [4.78, 5) is 32.1. The molecule has 0 aliphatic heterocycles. The van der Waals surface area contributed by atoms with E-state index in [9.17, 15) is 14.9 Å². The molecular formula is C20H20N6O3. The molecule has 1 N–H and O–H groups in total. The summed E-state index contributed by atoms with van der Waals surface area (Å²) < 4.78 is 3.62. The number of nitro groups is 1. The van der Waals surface area contributed by atoms with Gasteiger partial charge in [-0.3, -0.25) is 14.9 Å². The Morgan fingerprint density at radius 3 is 2.76 bits per heavy atom. The van der Waals surface area contributed by atoms with Gasteiger partial charge in [-0.05, 0) is 45.0 Å². The standard InChI is InChI=1S/C20H20N6O3/c1-12(2)25-13(3)22-16-9-14(7-8-17(16)25)23-19(27)10-24-11-21-15-5-4-6-18(20(15)24)26(28)29/h4-9,11-12H,10H2,1-3H3,(H,23,27). The molecule has 0 radical (unpaired) electrons. The monoisotopic (exact) mass is 392 g/mol. The number of aromatic nitrogens is 4. The number of carbonyl (C=O) groups excluding carboxylic acids is 1. The third-order valence-electron chi connectivity index (χ3n) is 4.79. The first-order valence-electron chi connectivity index (χ1n) is 9.22. The molecule has 1 amide bonds. The lowest BCUT2D eigenvalue weighted by Crippen LogP contribution is -2.18. The molecule has 9 nitrogen and oxygen atoms in total. The van der Waals surface area contributed by atoms with Gasteiger partial charge in [0.1, 0.15) is 17.9 Å². The second kappa shape index (κ2) is 7.01. The molecule has 2 aromatic carbocycles. The quantitative estimate of drug-likeness (QED) is 0.410. The van der Waals surface area contributed by atoms with Crippen LogP contribution in [0, 0.1) is 17.0 Å². The SMILES string of the molecule is Cc1nc2cc(NC(=O)Cn3cnc4cccc([N+](=O)[O-])c43)ccc2n1C(C)C. The number of hydrogen-bond acceptors (Lipinski definition) is 5. The van der Waals surface area contributed by atoms with Gasteiger partial charge in [-0.25, -0.2) is 9.97 Å². The summed E-state index contributed by atoms with van der Waals surface area (Å²) in [7, 11) is 0. The van der Waals surface area contributed by atoms with Crippen molar-refractivity contribution in [3.63, 3.8) is 0 Å². The fourth-order valence-corrected chi connectivity index (χ4v) is 3.68. The van der Waals surface area contributed by atoms with E-state index in [1.54, 1.807) is 12.1 Å². The number of anilines is 1. The summed E-state index contributed by atoms with van der Waals surface area (Å²) in [5, 5.41) is 14.1. The van der Waals surface area contributed by atoms with Crippen molar-refractivity contribution in [1.29, 1.82) is 0 Å². The van der Waals surface area contributed by atoms with Gasteiger partial charge < -0.3 is 14.5 Å². The van der Waals surface area contributed by atoms with E-state index in [2.05, 4.69) is 33.7 Å². The number of rotatable bonds is 5. The Kier molecular flexibility index (Phi) is 4.50. The molecular weight excluding hydrogens is 372 g/mol. The number of carbonyl (C=O) groups is 1. The topological polar surface area (TPSA) is 108 Å². The molecule has 0 atom stereocenters. The van der Waals surface area contributed by atoms with E-state index in [0.717, 1.165) is 16.9 Å². The predicted octanol–water partition coefficient (Wildman–Crippen LogP) is 3.82. The van der Waals surface area contributed by atoms with E-state index < -0.39 is 4.92 Å². The van der Waals surface area contributed by atoms with Crippen molar-refractivity contribution in [1.82, 2.24) is 19.1 Å². The van der Waals surface area contributed by atoms with E-state index in [0.29, 0.717) is 16.7 Å². The highest BCUT2D eigenvalue weighted by atomic mass is 16.6. The number of para-hydroxylation sites is 1. The largest absolute Gasteiger partial charge is 0.326 e. The molecule has 0 bridgehead atoms. The van der Waals surface area contributed by atoms with Gasteiger partial charge in [-0.2, -0.15) is 0 Å². The molecule has 2 aromatic heterocycles. The molecule has 0 spiro atoms. The molecule has 0 fully saturated rings. The van der Waals surface area contributed by atoms with Crippen molar-refractivity contribution in [3.05, 3.63) is 58.7 Å². The van der Waals surface area contributed by atoms with E-state index in [4.69, 9.17) is 0 Å². The first-order valence-corrected chi connectivity index (χ1v) is 9.22. The van der Waals surface area contributed by atoms with Crippen molar-refractivity contribution < 1.29 is 9.72 Å². The lowest BCUT2D eigenvalue weighted by molar-refractivity contribution is -0.383. The van der Waals surface area contributed by atoms with Crippen molar-refractivity contribution in [2.24, 2.45) is 0 Å². The Balaban J connectivity index is 1.59. The molecule has 4 rings (SSSR count). The zero-order valence-corrected chi connectivity index (χ0v) is 16.3. The molecule has 0 saturated heterocycles. The average Bonchev–Trinajstić information content (AvgIpc) is 3.21. The summed E-state index contributed by atoms with van der Waals surface area (Å²) >= 11 is 0. The van der Waals surface area contributed by atoms with Gasteiger partial charge in [0.2, 0.25) is 5.91 Å². The van der Waals surface area contributed by atoms with Crippen LogP contribution in [-0.2, 0) is 11.3 Å². The summed E-state index contributed by atoms with van der Waals surface area (Å²) in [6, 6.07) is 10.5. The molecule has 0 aliphatic rings. The molecule has 9 heteroatoms. The van der Waals surface area contributed by atoms with Gasteiger partial charge in [0.15, 0.2) is 0 Å². The van der Waals surface area contributed by atoms with E-state index >= 15 is 0 Å². The number of benzene rings is 2. The first kappa shape index (κ1) is 18.6. The number of non-ortho nitro benzene ring substituents is 1. The molecule has 0 saturated carbocycles. The lowest BCUT2D eigenvalue weighted by Gasteiger charge is -2.11. The maximum Gasteiger partial charge on any atom is 0.295 e. The maximum atomic E-state index is 12.6. The summed E-state index contributed by atoms with van der Waals surface area (Å²) in [5.74, 6) is 0.609. The minimum atomic E-state index is -0.472. The van der Waals surface area contributed by atoms with Crippen LogP contribution in [0.25, 0.3) is 22.1 Å². The van der Waals surface area contributed by atoms with Crippen molar-refractivity contribution in [3.8, 4) is 0 Å². The van der Waals surface area contributed by atoms with Crippen LogP contribution in [0.4, 0.5) is 11.4 Å². The normalized spacial score (nSPS) is 11.4. The molecule has 4 aromatic rings. The van der Waals surface area contributed by atoms with Crippen molar-refractivity contribution in [2.75, 3.05) is 5.32 Å². The minimum absolute atomic E-state index is 0.0797. The van der Waals surface area contributed by atoms with Gasteiger partial charge in [0, 0.05) is 17.8 Å². The molecule has 0 unspecified atom stereocenters. The van der Waals surface area contributed by atoms with Gasteiger partial charge >= 0.3 is 0 Å². The fraction of sp³-hybridized carbons (Fsp3) is 0.250. The Bertz CT molecular complexity index is 1250. The highest BCUT2D eigenvalue weighted by molar-refractivity contribution is 5.94. The third-order valence-corrected chi connectivity index (χ3v) is 4.79. The van der Waals surface area contributed by atoms with Gasteiger partial charge in [-0.15, -0.1) is 0 Å². The van der Waals surface area contributed by atoms with Crippen LogP contribution in [0.5, 0.6) is 0 Å². The zero-order valence-electron chi connectivity index (χ0n) is 16.3. The fourth-order valence-electron chi connectivity index (χ4n) is 3.68. The van der Waals surface area contributed by atoms with E-state index in [1.165, 1.54) is 17.0 Å².